The van der Waals surface area contributed by atoms with Gasteiger partial charge in [0.1, 0.15) is 5.82 Å². The first-order valence-electron chi connectivity index (χ1n) is 8.92. The van der Waals surface area contributed by atoms with Crippen molar-refractivity contribution in [3.8, 4) is 0 Å². The third-order valence-electron chi connectivity index (χ3n) is 5.53. The molecule has 1 heterocycles. The van der Waals surface area contributed by atoms with E-state index in [1.165, 1.54) is 17.2 Å². The first-order valence-corrected chi connectivity index (χ1v) is 8.92. The average molecular weight is 338 g/mol. The Balaban J connectivity index is 1.33. The number of nitrogens with one attached hydrogen (secondary N) is 1. The van der Waals surface area contributed by atoms with Gasteiger partial charge in [0.15, 0.2) is 0 Å². The molecule has 3 atom stereocenters. The summed E-state index contributed by atoms with van der Waals surface area (Å²) in [5.74, 6) is 0.420. The topological polar surface area (TPSA) is 32.3 Å². The molecule has 0 bridgehead atoms. The predicted octanol–water partition coefficient (Wildman–Crippen LogP) is 3.10. The van der Waals surface area contributed by atoms with Crippen LogP contribution in [0.1, 0.15) is 29.0 Å². The number of benzene rings is 2. The standard InChI is InChI=1S/C21H23FN2O/c1-24-13-15-7-8-17(22)9-16(15)10-18(24)12-23-21(25)20-11-19(20)14-5-3-2-4-6-14/h2-9,18-20H,10-13H2,1H3,(H,23,25)/t18-,19-,20+/m0/s1. The Kier molecular flexibility index (Phi) is 4.30. The fourth-order valence-corrected chi connectivity index (χ4v) is 3.88. The van der Waals surface area contributed by atoms with Crippen molar-refractivity contribution in [2.45, 2.75) is 31.3 Å². The first-order chi connectivity index (χ1) is 12.1. The van der Waals surface area contributed by atoms with Crippen molar-refractivity contribution in [1.82, 2.24) is 10.2 Å². The van der Waals surface area contributed by atoms with Crippen LogP contribution in [0.5, 0.6) is 0 Å². The van der Waals surface area contributed by atoms with E-state index in [-0.39, 0.29) is 23.7 Å². The zero-order valence-electron chi connectivity index (χ0n) is 14.4. The van der Waals surface area contributed by atoms with Crippen molar-refractivity contribution >= 4 is 5.91 Å². The molecular formula is C21H23FN2O. The molecule has 0 radical (unpaired) electrons. The normalized spacial score (nSPS) is 25.3. The summed E-state index contributed by atoms with van der Waals surface area (Å²) >= 11 is 0. The predicted molar refractivity (Wildman–Crippen MR) is 95.7 cm³/mol. The number of rotatable bonds is 4. The Morgan fingerprint density at radius 3 is 2.80 bits per heavy atom. The van der Waals surface area contributed by atoms with Gasteiger partial charge >= 0.3 is 0 Å². The fraction of sp³-hybridized carbons (Fsp3) is 0.381. The number of hydrogen-bond acceptors (Lipinski definition) is 2. The van der Waals surface area contributed by atoms with Crippen molar-refractivity contribution < 1.29 is 9.18 Å². The highest BCUT2D eigenvalue weighted by Gasteiger charge is 2.43. The molecule has 4 heteroatoms. The molecular weight excluding hydrogens is 315 g/mol. The van der Waals surface area contributed by atoms with Crippen LogP contribution in [0.2, 0.25) is 0 Å². The highest BCUT2D eigenvalue weighted by molar-refractivity contribution is 5.82. The van der Waals surface area contributed by atoms with Crippen molar-refractivity contribution in [3.05, 3.63) is 71.0 Å². The Labute approximate surface area is 147 Å². The van der Waals surface area contributed by atoms with Gasteiger partial charge in [0.25, 0.3) is 0 Å². The van der Waals surface area contributed by atoms with Gasteiger partial charge in [-0.2, -0.15) is 0 Å². The van der Waals surface area contributed by atoms with Gasteiger partial charge in [-0.3, -0.25) is 9.69 Å². The van der Waals surface area contributed by atoms with E-state index in [1.807, 2.05) is 24.3 Å². The SMILES string of the molecule is CN1Cc2ccc(F)cc2C[C@H]1CNC(=O)[C@@H]1C[C@H]1c1ccccc1. The Morgan fingerprint density at radius 2 is 2.00 bits per heavy atom. The van der Waals surface area contributed by atoms with Crippen LogP contribution in [0.4, 0.5) is 4.39 Å². The lowest BCUT2D eigenvalue weighted by molar-refractivity contribution is -0.122. The third kappa shape index (κ3) is 3.45. The Morgan fingerprint density at radius 1 is 1.20 bits per heavy atom. The molecule has 0 aromatic heterocycles. The van der Waals surface area contributed by atoms with Gasteiger partial charge in [-0.05, 0) is 54.6 Å². The molecule has 3 nitrogen and oxygen atoms in total. The molecule has 1 amide bonds. The minimum Gasteiger partial charge on any atom is -0.354 e. The number of carbonyl (C=O) groups excluding carboxylic acids is 1. The molecule has 0 spiro atoms. The summed E-state index contributed by atoms with van der Waals surface area (Å²) in [4.78, 5) is 14.7. The second-order valence-electron chi connectivity index (χ2n) is 7.29. The molecule has 130 valence electrons. The summed E-state index contributed by atoms with van der Waals surface area (Å²) in [7, 11) is 2.06. The third-order valence-corrected chi connectivity index (χ3v) is 5.53. The van der Waals surface area contributed by atoms with Gasteiger partial charge in [-0.1, -0.05) is 36.4 Å². The molecule has 2 aromatic carbocycles. The van der Waals surface area contributed by atoms with Crippen LogP contribution in [0.3, 0.4) is 0 Å². The monoisotopic (exact) mass is 338 g/mol. The van der Waals surface area contributed by atoms with E-state index in [0.717, 1.165) is 24.9 Å². The van der Waals surface area contributed by atoms with Gasteiger partial charge in [-0.15, -0.1) is 0 Å². The molecule has 25 heavy (non-hydrogen) atoms. The quantitative estimate of drug-likeness (QED) is 0.929. The molecule has 2 aromatic rings. The smallest absolute Gasteiger partial charge is 0.223 e. The maximum absolute atomic E-state index is 13.5. The number of hydrogen-bond donors (Lipinski definition) is 1. The van der Waals surface area contributed by atoms with Crippen LogP contribution in [-0.4, -0.2) is 30.4 Å². The summed E-state index contributed by atoms with van der Waals surface area (Å²) in [5.41, 5.74) is 3.49. The van der Waals surface area contributed by atoms with E-state index in [0.29, 0.717) is 12.5 Å². The van der Waals surface area contributed by atoms with E-state index in [4.69, 9.17) is 0 Å². The Hall–Kier alpha value is -2.20. The highest BCUT2D eigenvalue weighted by atomic mass is 19.1. The average Bonchev–Trinajstić information content (AvgIpc) is 3.42. The van der Waals surface area contributed by atoms with E-state index < -0.39 is 0 Å². The molecule has 1 fully saturated rings. The second kappa shape index (κ2) is 6.60. The lowest BCUT2D eigenvalue weighted by Gasteiger charge is -2.34. The number of halogens is 1. The van der Waals surface area contributed by atoms with Crippen LogP contribution in [0.25, 0.3) is 0 Å². The summed E-state index contributed by atoms with van der Waals surface area (Å²) in [6.07, 6.45) is 1.71. The van der Waals surface area contributed by atoms with E-state index in [9.17, 15) is 9.18 Å². The highest BCUT2D eigenvalue weighted by Crippen LogP contribution is 2.47. The molecule has 1 aliphatic heterocycles. The van der Waals surface area contributed by atoms with E-state index in [1.54, 1.807) is 6.07 Å². The molecule has 4 rings (SSSR count). The molecule has 0 unspecified atom stereocenters. The minimum absolute atomic E-state index is 0.0982. The number of amides is 1. The van der Waals surface area contributed by atoms with Crippen molar-refractivity contribution in [2.75, 3.05) is 13.6 Å². The maximum Gasteiger partial charge on any atom is 0.223 e. The van der Waals surface area contributed by atoms with Gasteiger partial charge in [0, 0.05) is 25.0 Å². The maximum atomic E-state index is 13.5. The summed E-state index contributed by atoms with van der Waals surface area (Å²) in [6.45, 7) is 1.41. The lowest BCUT2D eigenvalue weighted by Crippen LogP contribution is -2.45. The molecule has 1 aliphatic carbocycles. The number of likely N-dealkylation sites (N-methyl/N-ethyl adjacent to an activating group) is 1. The molecule has 2 aliphatic rings. The second-order valence-corrected chi connectivity index (χ2v) is 7.29. The van der Waals surface area contributed by atoms with E-state index >= 15 is 0 Å². The number of fused-ring (bicyclic) bond motifs is 1. The first kappa shape index (κ1) is 16.3. The number of nitrogens with zero attached hydrogens (tertiary/aromatic N) is 1. The van der Waals surface area contributed by atoms with Crippen LogP contribution in [0.15, 0.2) is 48.5 Å². The van der Waals surface area contributed by atoms with Gasteiger partial charge < -0.3 is 5.32 Å². The lowest BCUT2D eigenvalue weighted by atomic mass is 9.94. The fourth-order valence-electron chi connectivity index (χ4n) is 3.88. The number of carbonyl (C=O) groups is 1. The van der Waals surface area contributed by atoms with Gasteiger partial charge in [0.05, 0.1) is 0 Å². The zero-order valence-corrected chi connectivity index (χ0v) is 14.4. The van der Waals surface area contributed by atoms with Crippen LogP contribution >= 0.6 is 0 Å². The van der Waals surface area contributed by atoms with Gasteiger partial charge in [0.2, 0.25) is 5.91 Å². The zero-order chi connectivity index (χ0) is 17.4. The van der Waals surface area contributed by atoms with E-state index in [2.05, 4.69) is 29.4 Å². The van der Waals surface area contributed by atoms with Gasteiger partial charge in [-0.25, -0.2) is 4.39 Å². The summed E-state index contributed by atoms with van der Waals surface area (Å²) in [5, 5.41) is 3.12. The Bertz CT molecular complexity index is 777. The summed E-state index contributed by atoms with van der Waals surface area (Å²) in [6, 6.07) is 15.5. The summed E-state index contributed by atoms with van der Waals surface area (Å²) < 4.78 is 13.5. The van der Waals surface area contributed by atoms with Crippen molar-refractivity contribution in [1.29, 1.82) is 0 Å². The van der Waals surface area contributed by atoms with Crippen molar-refractivity contribution in [3.63, 3.8) is 0 Å². The molecule has 1 N–H and O–H groups in total. The van der Waals surface area contributed by atoms with Crippen LogP contribution < -0.4 is 5.32 Å². The van der Waals surface area contributed by atoms with Crippen LogP contribution in [-0.2, 0) is 17.8 Å². The largest absolute Gasteiger partial charge is 0.354 e. The minimum atomic E-state index is -0.185. The van der Waals surface area contributed by atoms with Crippen molar-refractivity contribution in [2.24, 2.45) is 5.92 Å². The van der Waals surface area contributed by atoms with Crippen LogP contribution in [0, 0.1) is 11.7 Å². The molecule has 0 saturated heterocycles. The molecule has 1 saturated carbocycles.